The number of hydrogen-bond donors (Lipinski definition) is 2. The van der Waals surface area contributed by atoms with Gasteiger partial charge in [0.1, 0.15) is 11.5 Å². The second-order valence-electron chi connectivity index (χ2n) is 7.05. The fraction of sp³-hybridized carbons (Fsp3) is 0.200. The highest BCUT2D eigenvalue weighted by molar-refractivity contribution is 6.05. The molecule has 0 unspecified atom stereocenters. The van der Waals surface area contributed by atoms with E-state index in [1.807, 2.05) is 43.3 Å². The van der Waals surface area contributed by atoms with Crippen LogP contribution in [0.5, 0.6) is 11.5 Å². The van der Waals surface area contributed by atoms with Gasteiger partial charge >= 0.3 is 0 Å². The van der Waals surface area contributed by atoms with Crippen molar-refractivity contribution in [3.05, 3.63) is 83.9 Å². The van der Waals surface area contributed by atoms with Crippen molar-refractivity contribution in [2.24, 2.45) is 0 Å². The van der Waals surface area contributed by atoms with Crippen LogP contribution in [0.15, 0.2) is 72.8 Å². The van der Waals surface area contributed by atoms with Crippen LogP contribution in [0.25, 0.3) is 0 Å². The number of benzene rings is 3. The lowest BCUT2D eigenvalue weighted by Crippen LogP contribution is -2.14. The van der Waals surface area contributed by atoms with E-state index in [0.717, 1.165) is 5.75 Å². The fourth-order valence-electron chi connectivity index (χ4n) is 2.93. The van der Waals surface area contributed by atoms with Gasteiger partial charge in [0.15, 0.2) is 0 Å². The molecule has 0 saturated heterocycles. The molecule has 0 aliphatic heterocycles. The maximum Gasteiger partial charge on any atom is 0.255 e. The van der Waals surface area contributed by atoms with Gasteiger partial charge in [-0.1, -0.05) is 29.8 Å². The predicted molar refractivity (Wildman–Crippen MR) is 122 cm³/mol. The van der Waals surface area contributed by atoms with Crippen LogP contribution in [0.4, 0.5) is 11.4 Å². The van der Waals surface area contributed by atoms with Crippen molar-refractivity contribution in [1.82, 2.24) is 0 Å². The zero-order valence-corrected chi connectivity index (χ0v) is 17.7. The first-order valence-corrected chi connectivity index (χ1v) is 10.1. The smallest absolute Gasteiger partial charge is 0.255 e. The van der Waals surface area contributed by atoms with Crippen LogP contribution in [0.2, 0.25) is 0 Å². The van der Waals surface area contributed by atoms with Gasteiger partial charge in [-0.25, -0.2) is 0 Å². The maximum absolute atomic E-state index is 12.5. The van der Waals surface area contributed by atoms with E-state index in [1.165, 1.54) is 5.56 Å². The van der Waals surface area contributed by atoms with Crippen LogP contribution in [0.1, 0.15) is 28.8 Å². The number of hydrogen-bond acceptors (Lipinski definition) is 4. The van der Waals surface area contributed by atoms with Crippen molar-refractivity contribution in [2.45, 2.75) is 19.8 Å². The second-order valence-corrected chi connectivity index (χ2v) is 7.05. The van der Waals surface area contributed by atoms with E-state index in [-0.39, 0.29) is 11.8 Å². The van der Waals surface area contributed by atoms with Crippen LogP contribution in [0.3, 0.4) is 0 Å². The van der Waals surface area contributed by atoms with Crippen molar-refractivity contribution in [3.8, 4) is 11.5 Å². The molecule has 0 saturated carbocycles. The summed E-state index contributed by atoms with van der Waals surface area (Å²) in [5.74, 6) is 1.04. The van der Waals surface area contributed by atoms with Crippen LogP contribution in [-0.4, -0.2) is 25.5 Å². The van der Waals surface area contributed by atoms with Crippen molar-refractivity contribution in [2.75, 3.05) is 24.4 Å². The number of anilines is 2. The molecular formula is C25H26N2O4. The summed E-state index contributed by atoms with van der Waals surface area (Å²) < 4.78 is 10.9. The first-order valence-electron chi connectivity index (χ1n) is 10.1. The number of nitrogens with one attached hydrogen (secondary N) is 2. The third-order valence-electron chi connectivity index (χ3n) is 4.62. The average molecular weight is 418 g/mol. The van der Waals surface area contributed by atoms with Gasteiger partial charge in [-0.15, -0.1) is 0 Å². The molecule has 3 aromatic carbocycles. The number of para-hydroxylation sites is 2. The monoisotopic (exact) mass is 418 g/mol. The van der Waals surface area contributed by atoms with Crippen LogP contribution >= 0.6 is 0 Å². The first-order chi connectivity index (χ1) is 15.0. The van der Waals surface area contributed by atoms with E-state index in [0.29, 0.717) is 42.1 Å². The molecule has 0 heterocycles. The summed E-state index contributed by atoms with van der Waals surface area (Å²) in [6.07, 6.45) is 0.959. The molecular weight excluding hydrogens is 392 g/mol. The zero-order chi connectivity index (χ0) is 22.1. The maximum atomic E-state index is 12.5. The van der Waals surface area contributed by atoms with Crippen LogP contribution in [0, 0.1) is 6.92 Å². The molecule has 0 bridgehead atoms. The van der Waals surface area contributed by atoms with E-state index >= 15 is 0 Å². The summed E-state index contributed by atoms with van der Waals surface area (Å²) in [6.45, 7) is 2.49. The van der Waals surface area contributed by atoms with E-state index in [2.05, 4.69) is 10.6 Å². The summed E-state index contributed by atoms with van der Waals surface area (Å²) in [4.78, 5) is 24.6. The first kappa shape index (κ1) is 21.9. The van der Waals surface area contributed by atoms with Crippen molar-refractivity contribution in [1.29, 1.82) is 0 Å². The highest BCUT2D eigenvalue weighted by Gasteiger charge is 2.10. The predicted octanol–water partition coefficient (Wildman–Crippen LogP) is 5.05. The highest BCUT2D eigenvalue weighted by Crippen LogP contribution is 2.24. The van der Waals surface area contributed by atoms with E-state index in [9.17, 15) is 9.59 Å². The summed E-state index contributed by atoms with van der Waals surface area (Å²) in [6, 6.07) is 21.8. The third-order valence-corrected chi connectivity index (χ3v) is 4.62. The Morgan fingerprint density at radius 1 is 0.871 bits per heavy atom. The molecule has 0 radical (unpaired) electrons. The molecule has 0 aromatic heterocycles. The number of ether oxygens (including phenoxy) is 2. The lowest BCUT2D eigenvalue weighted by atomic mass is 10.1. The Morgan fingerprint density at radius 3 is 2.29 bits per heavy atom. The summed E-state index contributed by atoms with van der Waals surface area (Å²) in [5.41, 5.74) is 2.89. The number of methoxy groups -OCH3 is 1. The normalized spacial score (nSPS) is 10.3. The Labute approximate surface area is 182 Å². The minimum Gasteiger partial charge on any atom is -0.495 e. The van der Waals surface area contributed by atoms with Gasteiger partial charge in [-0.2, -0.15) is 0 Å². The molecule has 6 nitrogen and oxygen atoms in total. The molecule has 31 heavy (non-hydrogen) atoms. The average Bonchev–Trinajstić information content (AvgIpc) is 2.79. The third kappa shape index (κ3) is 6.60. The fourth-order valence-corrected chi connectivity index (χ4v) is 2.93. The second kappa shape index (κ2) is 10.8. The van der Waals surface area contributed by atoms with Gasteiger partial charge in [0.25, 0.3) is 5.91 Å². The van der Waals surface area contributed by atoms with Gasteiger partial charge in [-0.3, -0.25) is 9.59 Å². The van der Waals surface area contributed by atoms with Gasteiger partial charge < -0.3 is 20.1 Å². The zero-order valence-electron chi connectivity index (χ0n) is 17.7. The molecule has 0 fully saturated rings. The summed E-state index contributed by atoms with van der Waals surface area (Å²) in [5, 5.41) is 5.66. The van der Waals surface area contributed by atoms with E-state index < -0.39 is 0 Å². The number of amides is 2. The topological polar surface area (TPSA) is 76.7 Å². The Balaban J connectivity index is 1.44. The van der Waals surface area contributed by atoms with Gasteiger partial charge in [-0.05, 0) is 61.9 Å². The number of rotatable bonds is 9. The van der Waals surface area contributed by atoms with Crippen molar-refractivity contribution >= 4 is 23.2 Å². The van der Waals surface area contributed by atoms with Gasteiger partial charge in [0.2, 0.25) is 5.91 Å². The Morgan fingerprint density at radius 2 is 1.58 bits per heavy atom. The minimum absolute atomic E-state index is 0.0984. The Bertz CT molecular complexity index is 1010. The molecule has 0 spiro atoms. The molecule has 2 amide bonds. The van der Waals surface area contributed by atoms with Gasteiger partial charge in [0.05, 0.1) is 19.4 Å². The standard InChI is InChI=1S/C25H26N2O4/c1-18-9-15-21(16-10-18)31-17-5-8-24(28)26-20-13-11-19(12-14-20)25(29)27-22-6-3-4-7-23(22)30-2/h3-4,6-7,9-16H,5,8,17H2,1-2H3,(H,26,28)(H,27,29). The number of carbonyl (C=O) groups is 2. The highest BCUT2D eigenvalue weighted by atomic mass is 16.5. The van der Waals surface area contributed by atoms with Crippen molar-refractivity contribution in [3.63, 3.8) is 0 Å². The van der Waals surface area contributed by atoms with Crippen molar-refractivity contribution < 1.29 is 19.1 Å². The molecule has 3 aromatic rings. The SMILES string of the molecule is COc1ccccc1NC(=O)c1ccc(NC(=O)CCCOc2ccc(C)cc2)cc1. The quantitative estimate of drug-likeness (QED) is 0.477. The lowest BCUT2D eigenvalue weighted by molar-refractivity contribution is -0.116. The largest absolute Gasteiger partial charge is 0.495 e. The summed E-state index contributed by atoms with van der Waals surface area (Å²) in [7, 11) is 1.55. The Hall–Kier alpha value is -3.80. The van der Waals surface area contributed by atoms with Crippen LogP contribution in [-0.2, 0) is 4.79 Å². The van der Waals surface area contributed by atoms with Gasteiger partial charge in [0, 0.05) is 17.7 Å². The van der Waals surface area contributed by atoms with E-state index in [1.54, 1.807) is 43.5 Å². The number of aryl methyl sites for hydroxylation is 1. The molecule has 0 aliphatic carbocycles. The summed E-state index contributed by atoms with van der Waals surface area (Å²) >= 11 is 0. The molecule has 0 aliphatic rings. The molecule has 3 rings (SSSR count). The van der Waals surface area contributed by atoms with E-state index in [4.69, 9.17) is 9.47 Å². The molecule has 2 N–H and O–H groups in total. The number of carbonyl (C=O) groups excluding carboxylic acids is 2. The molecule has 6 heteroatoms. The van der Waals surface area contributed by atoms with Crippen LogP contribution < -0.4 is 20.1 Å². The lowest BCUT2D eigenvalue weighted by Gasteiger charge is -2.10. The minimum atomic E-state index is -0.254. The molecule has 0 atom stereocenters. The Kier molecular flexibility index (Phi) is 7.65. The molecule has 160 valence electrons.